The normalized spacial score (nSPS) is 28.2. The van der Waals surface area contributed by atoms with Gasteiger partial charge in [-0.1, -0.05) is 11.8 Å². The van der Waals surface area contributed by atoms with E-state index in [4.69, 9.17) is 13.8 Å². The summed E-state index contributed by atoms with van der Waals surface area (Å²) in [4.78, 5) is 39.1. The fraction of sp³-hybridized carbons (Fsp3) is 0.600. The highest BCUT2D eigenvalue weighted by atomic mass is 32.2. The maximum absolute atomic E-state index is 13.1. The van der Waals surface area contributed by atoms with Crippen LogP contribution in [0.5, 0.6) is 0 Å². The zero-order valence-corrected chi connectivity index (χ0v) is 21.0. The van der Waals surface area contributed by atoms with Crippen molar-refractivity contribution in [3.05, 3.63) is 34.0 Å². The lowest BCUT2D eigenvalue weighted by atomic mass is 9.96. The Morgan fingerprint density at radius 2 is 2.09 bits per heavy atom. The topological polar surface area (TPSA) is 157 Å². The summed E-state index contributed by atoms with van der Waals surface area (Å²) in [6.45, 7) is 2.28. The minimum atomic E-state index is -3.78. The van der Waals surface area contributed by atoms with Crippen LogP contribution in [0.1, 0.15) is 31.3 Å². The Labute approximate surface area is 200 Å². The summed E-state index contributed by atoms with van der Waals surface area (Å²) in [6.07, 6.45) is 0.312. The number of hydrogen-bond donors (Lipinski definition) is 2. The van der Waals surface area contributed by atoms with Crippen molar-refractivity contribution >= 4 is 36.5 Å². The van der Waals surface area contributed by atoms with E-state index < -0.39 is 44.1 Å². The molecule has 5 atom stereocenters. The second kappa shape index (κ2) is 10.5. The van der Waals surface area contributed by atoms with E-state index >= 15 is 0 Å². The van der Waals surface area contributed by atoms with Gasteiger partial charge >= 0.3 is 13.4 Å². The largest absolute Gasteiger partial charge is 0.407 e. The summed E-state index contributed by atoms with van der Waals surface area (Å²) >= 11 is 1.02. The number of thioether (sulfide) groups is 1. The van der Waals surface area contributed by atoms with Gasteiger partial charge in [-0.15, -0.1) is 0 Å². The van der Waals surface area contributed by atoms with Gasteiger partial charge in [0.1, 0.15) is 17.8 Å². The molecular formula is C20H28N3O9PS. The molecule has 1 fully saturated rings. The SMILES string of the molecule is CC(=O)SCCOP(=O)(OC[C@H]1O[C@@H](n2cc3c(nc2=O)CC(=O)C=C3)[C@](C)(O)[C@@H]1O)N(C)C. The molecule has 1 aromatic rings. The van der Waals surface area contributed by atoms with E-state index in [-0.39, 0.29) is 29.7 Å². The van der Waals surface area contributed by atoms with Gasteiger partial charge in [0, 0.05) is 24.4 Å². The van der Waals surface area contributed by atoms with Crippen LogP contribution in [0, 0.1) is 0 Å². The molecule has 0 bridgehead atoms. The first kappa shape index (κ1) is 26.9. The number of rotatable bonds is 9. The van der Waals surface area contributed by atoms with Gasteiger partial charge < -0.3 is 14.9 Å². The molecule has 34 heavy (non-hydrogen) atoms. The Kier molecular flexibility index (Phi) is 8.31. The molecule has 1 aromatic heterocycles. The third kappa shape index (κ3) is 5.74. The van der Waals surface area contributed by atoms with Crippen molar-refractivity contribution in [2.45, 2.75) is 44.3 Å². The van der Waals surface area contributed by atoms with Gasteiger partial charge in [-0.05, 0) is 33.2 Å². The number of ether oxygens (including phenoxy) is 1. The molecule has 3 rings (SSSR count). The number of aromatic nitrogens is 2. The van der Waals surface area contributed by atoms with Gasteiger partial charge in [0.05, 0.1) is 25.3 Å². The lowest BCUT2D eigenvalue weighted by molar-refractivity contribution is -0.114. The van der Waals surface area contributed by atoms with Crippen LogP contribution in [0.4, 0.5) is 0 Å². The van der Waals surface area contributed by atoms with Crippen LogP contribution in [0.3, 0.4) is 0 Å². The van der Waals surface area contributed by atoms with Crippen LogP contribution < -0.4 is 5.69 Å². The maximum atomic E-state index is 13.1. The first-order valence-electron chi connectivity index (χ1n) is 10.4. The predicted molar refractivity (Wildman–Crippen MR) is 123 cm³/mol. The number of hydrogen-bond acceptors (Lipinski definition) is 11. The van der Waals surface area contributed by atoms with E-state index in [1.807, 2.05) is 0 Å². The monoisotopic (exact) mass is 517 g/mol. The molecule has 1 saturated heterocycles. The predicted octanol–water partition coefficient (Wildman–Crippen LogP) is 0.374. The van der Waals surface area contributed by atoms with Gasteiger partial charge in [-0.2, -0.15) is 4.98 Å². The molecule has 0 spiro atoms. The van der Waals surface area contributed by atoms with Crippen LogP contribution in [-0.4, -0.2) is 86.2 Å². The summed E-state index contributed by atoms with van der Waals surface area (Å²) < 4.78 is 32.0. The summed E-state index contributed by atoms with van der Waals surface area (Å²) in [5.41, 5.74) is -1.84. The fourth-order valence-corrected chi connectivity index (χ4v) is 5.30. The summed E-state index contributed by atoms with van der Waals surface area (Å²) in [7, 11) is -0.808. The number of nitrogens with zero attached hydrogens (tertiary/aromatic N) is 3. The Balaban J connectivity index is 1.74. The highest BCUT2D eigenvalue weighted by molar-refractivity contribution is 8.13. The molecule has 12 nitrogen and oxygen atoms in total. The van der Waals surface area contributed by atoms with E-state index in [0.29, 0.717) is 11.3 Å². The molecule has 1 unspecified atom stereocenters. The summed E-state index contributed by atoms with van der Waals surface area (Å²) in [5.74, 6) is 0.103. The number of carbonyl (C=O) groups excluding carboxylic acids is 2. The van der Waals surface area contributed by atoms with Crippen LogP contribution in [0.15, 0.2) is 17.1 Å². The molecule has 0 amide bonds. The van der Waals surface area contributed by atoms with Crippen molar-refractivity contribution in [1.29, 1.82) is 0 Å². The minimum absolute atomic E-state index is 0.00629. The lowest BCUT2D eigenvalue weighted by Crippen LogP contribution is -2.46. The Hall–Kier alpha value is -1.70. The zero-order chi connectivity index (χ0) is 25.3. The fourth-order valence-electron chi connectivity index (χ4n) is 3.52. The molecule has 1 aliphatic heterocycles. The Morgan fingerprint density at radius 3 is 2.74 bits per heavy atom. The van der Waals surface area contributed by atoms with E-state index in [1.54, 1.807) is 0 Å². The molecule has 0 saturated carbocycles. The molecule has 0 aromatic carbocycles. The smallest absolute Gasteiger partial charge is 0.387 e. The molecule has 2 aliphatic rings. The van der Waals surface area contributed by atoms with Gasteiger partial charge in [0.2, 0.25) is 0 Å². The average Bonchev–Trinajstić information content (AvgIpc) is 2.98. The average molecular weight is 517 g/mol. The molecule has 0 radical (unpaired) electrons. The molecule has 2 heterocycles. The maximum Gasteiger partial charge on any atom is 0.407 e. The third-order valence-corrected chi connectivity index (χ3v) is 8.14. The number of aliphatic hydroxyl groups excluding tert-OH is 1. The Bertz CT molecular complexity index is 1090. The zero-order valence-electron chi connectivity index (χ0n) is 19.2. The van der Waals surface area contributed by atoms with Crippen LogP contribution in [-0.2, 0) is 34.4 Å². The first-order valence-corrected chi connectivity index (χ1v) is 12.9. The van der Waals surface area contributed by atoms with Crippen molar-refractivity contribution in [2.24, 2.45) is 0 Å². The number of allylic oxidation sites excluding steroid dienone is 1. The van der Waals surface area contributed by atoms with E-state index in [2.05, 4.69) is 4.98 Å². The van der Waals surface area contributed by atoms with Gasteiger partial charge in [0.15, 0.2) is 17.1 Å². The number of carbonyl (C=O) groups is 2. The highest BCUT2D eigenvalue weighted by Crippen LogP contribution is 2.51. The molecule has 14 heteroatoms. The van der Waals surface area contributed by atoms with Crippen LogP contribution >= 0.6 is 19.5 Å². The van der Waals surface area contributed by atoms with Crippen LogP contribution in [0.25, 0.3) is 6.08 Å². The summed E-state index contributed by atoms with van der Waals surface area (Å²) in [5, 5.41) is 21.5. The van der Waals surface area contributed by atoms with E-state index in [9.17, 15) is 29.2 Å². The summed E-state index contributed by atoms with van der Waals surface area (Å²) in [6, 6.07) is 0. The highest BCUT2D eigenvalue weighted by Gasteiger charge is 2.54. The molecule has 188 valence electrons. The Morgan fingerprint density at radius 1 is 1.38 bits per heavy atom. The van der Waals surface area contributed by atoms with Crippen molar-refractivity contribution in [3.63, 3.8) is 0 Å². The van der Waals surface area contributed by atoms with Crippen molar-refractivity contribution in [3.8, 4) is 0 Å². The molecular weight excluding hydrogens is 489 g/mol. The van der Waals surface area contributed by atoms with Crippen molar-refractivity contribution in [2.75, 3.05) is 33.1 Å². The van der Waals surface area contributed by atoms with Crippen molar-refractivity contribution in [1.82, 2.24) is 14.2 Å². The van der Waals surface area contributed by atoms with E-state index in [1.165, 1.54) is 51.0 Å². The number of aliphatic hydroxyl groups is 2. The lowest BCUT2D eigenvalue weighted by Gasteiger charge is -2.28. The first-order chi connectivity index (χ1) is 15.8. The van der Waals surface area contributed by atoms with E-state index in [0.717, 1.165) is 16.3 Å². The third-order valence-electron chi connectivity index (χ3n) is 5.40. The standard InChI is InChI=1S/C20H28N3O9PS/c1-12(24)34-8-7-30-33(29,22(3)4)31-11-16-17(26)20(2,28)18(32-16)23-10-13-5-6-14(25)9-15(13)21-19(23)27/h5-6,10,16-18,26,28H,7-9,11H2,1-4H3/t16-,17-,18-,20-,33?/m1/s1. The molecule has 2 N–H and O–H groups in total. The number of fused-ring (bicyclic) bond motifs is 1. The van der Waals surface area contributed by atoms with Gasteiger partial charge in [0.25, 0.3) is 0 Å². The quantitative estimate of drug-likeness (QED) is 0.343. The number of ketones is 1. The second-order valence-electron chi connectivity index (χ2n) is 8.29. The minimum Gasteiger partial charge on any atom is -0.387 e. The van der Waals surface area contributed by atoms with Gasteiger partial charge in [-0.25, -0.2) is 14.0 Å². The van der Waals surface area contributed by atoms with Crippen molar-refractivity contribution < 1.29 is 38.2 Å². The molecule has 1 aliphatic carbocycles. The van der Waals surface area contributed by atoms with Gasteiger partial charge in [-0.3, -0.25) is 23.2 Å². The second-order valence-corrected chi connectivity index (χ2v) is 11.8. The van der Waals surface area contributed by atoms with Crippen LogP contribution in [0.2, 0.25) is 0 Å².